The van der Waals surface area contributed by atoms with Gasteiger partial charge in [-0.2, -0.15) is 11.8 Å². The molecule has 0 spiro atoms. The zero-order valence-electron chi connectivity index (χ0n) is 10.6. The van der Waals surface area contributed by atoms with Gasteiger partial charge in [0.05, 0.1) is 10.7 Å². The Balaban J connectivity index is 1.68. The van der Waals surface area contributed by atoms with Gasteiger partial charge in [0.1, 0.15) is 0 Å². The summed E-state index contributed by atoms with van der Waals surface area (Å²) in [7, 11) is 0. The first-order chi connectivity index (χ1) is 8.88. The van der Waals surface area contributed by atoms with Crippen LogP contribution >= 0.6 is 23.1 Å². The molecule has 2 aromatic heterocycles. The number of nitrogens with zero attached hydrogens (tertiary/aromatic N) is 2. The molecule has 0 amide bonds. The molecule has 96 valence electrons. The Morgan fingerprint density at radius 2 is 2.17 bits per heavy atom. The predicted octanol–water partition coefficient (Wildman–Crippen LogP) is 3.97. The van der Waals surface area contributed by atoms with Gasteiger partial charge < -0.3 is 0 Å². The number of hydrogen-bond acceptors (Lipinski definition) is 4. The van der Waals surface area contributed by atoms with Crippen molar-refractivity contribution in [2.24, 2.45) is 0 Å². The molecule has 0 N–H and O–H groups in total. The molecule has 0 unspecified atom stereocenters. The molecule has 2 aromatic rings. The van der Waals surface area contributed by atoms with Crippen molar-refractivity contribution >= 4 is 23.1 Å². The molecule has 2 nitrogen and oxygen atoms in total. The lowest BCUT2D eigenvalue weighted by atomic mass is 10.3. The van der Waals surface area contributed by atoms with Crippen LogP contribution in [-0.2, 0) is 18.6 Å². The number of rotatable bonds is 7. The van der Waals surface area contributed by atoms with Crippen molar-refractivity contribution in [3.8, 4) is 0 Å². The summed E-state index contributed by atoms with van der Waals surface area (Å²) in [6.45, 7) is 2.20. The van der Waals surface area contributed by atoms with Crippen LogP contribution in [0.5, 0.6) is 0 Å². The topological polar surface area (TPSA) is 25.8 Å². The van der Waals surface area contributed by atoms with Crippen LogP contribution in [0.4, 0.5) is 0 Å². The maximum atomic E-state index is 4.63. The summed E-state index contributed by atoms with van der Waals surface area (Å²) in [4.78, 5) is 8.95. The Bertz CT molecular complexity index is 454. The largest absolute Gasteiger partial charge is 0.261 e. The normalized spacial score (nSPS) is 10.7. The molecule has 0 aliphatic heterocycles. The van der Waals surface area contributed by atoms with Crippen molar-refractivity contribution in [3.63, 3.8) is 0 Å². The van der Waals surface area contributed by atoms with Gasteiger partial charge in [-0.05, 0) is 37.1 Å². The molecule has 0 aromatic carbocycles. The summed E-state index contributed by atoms with van der Waals surface area (Å²) >= 11 is 3.73. The van der Waals surface area contributed by atoms with E-state index in [-0.39, 0.29) is 0 Å². The Morgan fingerprint density at radius 1 is 1.22 bits per heavy atom. The Morgan fingerprint density at radius 3 is 2.94 bits per heavy atom. The number of pyridine rings is 1. The van der Waals surface area contributed by atoms with Gasteiger partial charge in [0, 0.05) is 23.0 Å². The summed E-state index contributed by atoms with van der Waals surface area (Å²) in [5.41, 5.74) is 2.41. The van der Waals surface area contributed by atoms with Gasteiger partial charge in [-0.15, -0.1) is 11.3 Å². The van der Waals surface area contributed by atoms with E-state index in [1.165, 1.54) is 22.8 Å². The highest BCUT2D eigenvalue weighted by Gasteiger charge is 2.01. The Kier molecular flexibility index (Phi) is 5.68. The fraction of sp³-hybridized carbons (Fsp3) is 0.429. The van der Waals surface area contributed by atoms with Crippen LogP contribution in [0.15, 0.2) is 29.8 Å². The van der Waals surface area contributed by atoms with E-state index in [4.69, 9.17) is 0 Å². The summed E-state index contributed by atoms with van der Waals surface area (Å²) in [6.07, 6.45) is 5.19. The number of aryl methyl sites for hydroxylation is 2. The second-order valence-electron chi connectivity index (χ2n) is 4.11. The molecule has 0 aliphatic rings. The number of hydrogen-bond donors (Lipinski definition) is 0. The van der Waals surface area contributed by atoms with Crippen molar-refractivity contribution in [1.29, 1.82) is 0 Å². The standard InChI is InChI=1S/C14H18N2S2/c1-2-5-14-16-13(11-18-14)10-17-9-7-12-6-3-4-8-15-12/h3-4,6,8,11H,2,5,7,9-10H2,1H3. The highest BCUT2D eigenvalue weighted by Crippen LogP contribution is 2.17. The van der Waals surface area contributed by atoms with Crippen molar-refractivity contribution in [2.45, 2.75) is 31.9 Å². The molecular formula is C14H18N2S2. The fourth-order valence-corrected chi connectivity index (χ4v) is 3.50. The monoisotopic (exact) mass is 278 g/mol. The number of aromatic nitrogens is 2. The molecule has 2 rings (SSSR count). The van der Waals surface area contributed by atoms with Gasteiger partial charge in [-0.3, -0.25) is 4.98 Å². The van der Waals surface area contributed by atoms with E-state index in [1.807, 2.05) is 30.1 Å². The third-order valence-corrected chi connectivity index (χ3v) is 4.49. The van der Waals surface area contributed by atoms with E-state index in [9.17, 15) is 0 Å². The van der Waals surface area contributed by atoms with Gasteiger partial charge >= 0.3 is 0 Å². The number of thioether (sulfide) groups is 1. The van der Waals surface area contributed by atoms with Crippen LogP contribution in [0.2, 0.25) is 0 Å². The van der Waals surface area contributed by atoms with E-state index in [1.54, 1.807) is 11.3 Å². The molecule has 0 atom stereocenters. The van der Waals surface area contributed by atoms with Crippen LogP contribution in [0, 0.1) is 0 Å². The maximum Gasteiger partial charge on any atom is 0.0928 e. The second kappa shape index (κ2) is 7.54. The highest BCUT2D eigenvalue weighted by molar-refractivity contribution is 7.98. The molecule has 0 saturated carbocycles. The molecule has 0 saturated heterocycles. The molecule has 18 heavy (non-hydrogen) atoms. The lowest BCUT2D eigenvalue weighted by molar-refractivity contribution is 0.902. The third kappa shape index (κ3) is 4.42. The quantitative estimate of drug-likeness (QED) is 0.717. The first-order valence-electron chi connectivity index (χ1n) is 6.29. The molecule has 0 aliphatic carbocycles. The zero-order chi connectivity index (χ0) is 12.6. The summed E-state index contributed by atoms with van der Waals surface area (Å²) < 4.78 is 0. The maximum absolute atomic E-state index is 4.63. The van der Waals surface area contributed by atoms with Crippen LogP contribution in [0.1, 0.15) is 29.7 Å². The summed E-state index contributed by atoms with van der Waals surface area (Å²) in [5, 5.41) is 3.47. The summed E-state index contributed by atoms with van der Waals surface area (Å²) in [5.74, 6) is 2.13. The predicted molar refractivity (Wildman–Crippen MR) is 80.2 cm³/mol. The van der Waals surface area contributed by atoms with Crippen LogP contribution in [-0.4, -0.2) is 15.7 Å². The average molecular weight is 278 g/mol. The lowest BCUT2D eigenvalue weighted by Gasteiger charge is -1.99. The lowest BCUT2D eigenvalue weighted by Crippen LogP contribution is -1.92. The average Bonchev–Trinajstić information content (AvgIpc) is 2.84. The van der Waals surface area contributed by atoms with Gasteiger partial charge in [-0.1, -0.05) is 13.0 Å². The minimum absolute atomic E-state index is 1.02. The molecule has 2 heterocycles. The van der Waals surface area contributed by atoms with E-state index >= 15 is 0 Å². The van der Waals surface area contributed by atoms with Crippen molar-refractivity contribution in [3.05, 3.63) is 46.2 Å². The van der Waals surface area contributed by atoms with Crippen LogP contribution in [0.3, 0.4) is 0 Å². The summed E-state index contributed by atoms with van der Waals surface area (Å²) in [6, 6.07) is 6.09. The minimum Gasteiger partial charge on any atom is -0.261 e. The molecule has 0 fully saturated rings. The fourth-order valence-electron chi connectivity index (χ4n) is 1.64. The minimum atomic E-state index is 1.02. The molecular weight excluding hydrogens is 260 g/mol. The molecule has 4 heteroatoms. The van der Waals surface area contributed by atoms with Gasteiger partial charge in [0.2, 0.25) is 0 Å². The van der Waals surface area contributed by atoms with Crippen LogP contribution < -0.4 is 0 Å². The number of thiazole rings is 1. The zero-order valence-corrected chi connectivity index (χ0v) is 12.3. The molecule has 0 radical (unpaired) electrons. The van der Waals surface area contributed by atoms with Gasteiger partial charge in [0.25, 0.3) is 0 Å². The van der Waals surface area contributed by atoms with E-state index in [0.717, 1.165) is 24.3 Å². The van der Waals surface area contributed by atoms with E-state index < -0.39 is 0 Å². The third-order valence-electron chi connectivity index (χ3n) is 2.54. The van der Waals surface area contributed by atoms with Crippen LogP contribution in [0.25, 0.3) is 0 Å². The first kappa shape index (κ1) is 13.6. The van der Waals surface area contributed by atoms with Crippen molar-refractivity contribution < 1.29 is 0 Å². The molecule has 0 bridgehead atoms. The first-order valence-corrected chi connectivity index (χ1v) is 8.33. The SMILES string of the molecule is CCCc1nc(CSCCc2ccccn2)cs1. The highest BCUT2D eigenvalue weighted by atomic mass is 32.2. The Labute approximate surface area is 117 Å². The van der Waals surface area contributed by atoms with Crippen molar-refractivity contribution in [2.75, 3.05) is 5.75 Å². The smallest absolute Gasteiger partial charge is 0.0928 e. The van der Waals surface area contributed by atoms with E-state index in [0.29, 0.717) is 0 Å². The van der Waals surface area contributed by atoms with E-state index in [2.05, 4.69) is 28.3 Å². The van der Waals surface area contributed by atoms with Crippen molar-refractivity contribution in [1.82, 2.24) is 9.97 Å². The second-order valence-corrected chi connectivity index (χ2v) is 6.15. The van der Waals surface area contributed by atoms with Gasteiger partial charge in [-0.25, -0.2) is 4.98 Å². The van der Waals surface area contributed by atoms with Gasteiger partial charge in [0.15, 0.2) is 0 Å². The Hall–Kier alpha value is -0.870.